The van der Waals surface area contributed by atoms with E-state index in [9.17, 15) is 4.79 Å². The molecule has 0 saturated carbocycles. The van der Waals surface area contributed by atoms with Gasteiger partial charge in [0.05, 0.1) is 25.9 Å². The van der Waals surface area contributed by atoms with E-state index >= 15 is 0 Å². The van der Waals surface area contributed by atoms with Crippen molar-refractivity contribution in [1.29, 1.82) is 0 Å². The molecule has 1 aromatic carbocycles. The summed E-state index contributed by atoms with van der Waals surface area (Å²) in [6.07, 6.45) is 1.58. The number of rotatable bonds is 10. The summed E-state index contributed by atoms with van der Waals surface area (Å²) in [6, 6.07) is 7.14. The molecule has 1 atom stereocenters. The maximum atomic E-state index is 11.9. The van der Waals surface area contributed by atoms with Crippen LogP contribution in [0.1, 0.15) is 32.3 Å². The number of nitrogens with two attached hydrogens (primary N) is 1. The summed E-state index contributed by atoms with van der Waals surface area (Å²) >= 11 is 0. The minimum atomic E-state index is -0.457. The molecule has 5 nitrogen and oxygen atoms in total. The third-order valence-electron chi connectivity index (χ3n) is 2.98. The van der Waals surface area contributed by atoms with Crippen molar-refractivity contribution in [3.05, 3.63) is 29.8 Å². The van der Waals surface area contributed by atoms with E-state index < -0.39 is 6.04 Å². The average molecular weight is 294 g/mol. The Labute approximate surface area is 126 Å². The maximum absolute atomic E-state index is 11.9. The molecule has 0 aliphatic heterocycles. The van der Waals surface area contributed by atoms with Crippen LogP contribution in [0.2, 0.25) is 0 Å². The van der Waals surface area contributed by atoms with Crippen LogP contribution >= 0.6 is 0 Å². The Bertz CT molecular complexity index is 424. The van der Waals surface area contributed by atoms with Gasteiger partial charge < -0.3 is 20.5 Å². The number of benzene rings is 1. The van der Waals surface area contributed by atoms with Gasteiger partial charge in [0.15, 0.2) is 0 Å². The fraction of sp³-hybridized carbons (Fsp3) is 0.562. The molecule has 0 spiro atoms. The summed E-state index contributed by atoms with van der Waals surface area (Å²) in [6.45, 7) is 6.31. The molecule has 0 fully saturated rings. The fourth-order valence-electron chi connectivity index (χ4n) is 1.87. The predicted octanol–water partition coefficient (Wildman–Crippen LogP) is 2.31. The molecule has 0 aromatic heterocycles. The van der Waals surface area contributed by atoms with Gasteiger partial charge in [0.1, 0.15) is 0 Å². The van der Waals surface area contributed by atoms with Crippen LogP contribution in [-0.4, -0.2) is 31.8 Å². The van der Waals surface area contributed by atoms with Gasteiger partial charge in [-0.1, -0.05) is 25.5 Å². The number of carbonyl (C=O) groups excluding carboxylic acids is 1. The van der Waals surface area contributed by atoms with Gasteiger partial charge in [0.25, 0.3) is 0 Å². The molecule has 1 rings (SSSR count). The second-order valence-electron chi connectivity index (χ2n) is 4.83. The molecule has 1 unspecified atom stereocenters. The van der Waals surface area contributed by atoms with Crippen LogP contribution in [0.4, 0.5) is 5.69 Å². The van der Waals surface area contributed by atoms with Crippen LogP contribution < -0.4 is 11.1 Å². The second kappa shape index (κ2) is 10.3. The van der Waals surface area contributed by atoms with Crippen LogP contribution in [0.5, 0.6) is 0 Å². The zero-order valence-corrected chi connectivity index (χ0v) is 12.9. The Balaban J connectivity index is 2.43. The summed E-state index contributed by atoms with van der Waals surface area (Å²) in [5, 5.41) is 2.83. The van der Waals surface area contributed by atoms with Crippen molar-refractivity contribution in [1.82, 2.24) is 0 Å². The molecule has 0 radical (unpaired) electrons. The lowest BCUT2D eigenvalue weighted by molar-refractivity contribution is -0.117. The van der Waals surface area contributed by atoms with Gasteiger partial charge in [0, 0.05) is 12.3 Å². The molecule has 0 saturated heterocycles. The van der Waals surface area contributed by atoms with Gasteiger partial charge >= 0.3 is 0 Å². The minimum Gasteiger partial charge on any atom is -0.379 e. The van der Waals surface area contributed by atoms with E-state index in [0.717, 1.165) is 17.7 Å². The molecule has 0 bridgehead atoms. The molecule has 118 valence electrons. The zero-order valence-electron chi connectivity index (χ0n) is 12.9. The van der Waals surface area contributed by atoms with Crippen LogP contribution in [0, 0.1) is 0 Å². The highest BCUT2D eigenvalue weighted by Crippen LogP contribution is 2.12. The Morgan fingerprint density at radius 2 is 2.05 bits per heavy atom. The largest absolute Gasteiger partial charge is 0.379 e. The average Bonchev–Trinajstić information content (AvgIpc) is 2.47. The number of anilines is 1. The number of hydrogen-bond donors (Lipinski definition) is 2. The Morgan fingerprint density at radius 3 is 2.76 bits per heavy atom. The van der Waals surface area contributed by atoms with E-state index in [0.29, 0.717) is 32.8 Å². The Hall–Kier alpha value is -1.43. The standard InChI is InChI=1S/C16H26N2O3/c1-3-6-15(17)16(19)18-14-8-5-7-13(11-14)12-21-10-9-20-4-2/h5,7-8,11,15H,3-4,6,9-10,12,17H2,1-2H3,(H,18,19). The maximum Gasteiger partial charge on any atom is 0.241 e. The quantitative estimate of drug-likeness (QED) is 0.649. The van der Waals surface area contributed by atoms with Crippen molar-refractivity contribution in [2.45, 2.75) is 39.3 Å². The molecule has 1 amide bonds. The molecule has 0 aliphatic carbocycles. The van der Waals surface area contributed by atoms with Gasteiger partial charge in [0.2, 0.25) is 5.91 Å². The van der Waals surface area contributed by atoms with Crippen LogP contribution in [0.3, 0.4) is 0 Å². The van der Waals surface area contributed by atoms with Crippen LogP contribution in [-0.2, 0) is 20.9 Å². The number of amides is 1. The lowest BCUT2D eigenvalue weighted by atomic mass is 10.1. The molecule has 3 N–H and O–H groups in total. The normalized spacial score (nSPS) is 12.1. The predicted molar refractivity (Wildman–Crippen MR) is 84.1 cm³/mol. The van der Waals surface area contributed by atoms with Crippen molar-refractivity contribution in [3.8, 4) is 0 Å². The highest BCUT2D eigenvalue weighted by atomic mass is 16.5. The first-order valence-corrected chi connectivity index (χ1v) is 7.48. The number of hydrogen-bond acceptors (Lipinski definition) is 4. The monoisotopic (exact) mass is 294 g/mol. The van der Waals surface area contributed by atoms with E-state index in [1.165, 1.54) is 0 Å². The summed E-state index contributed by atoms with van der Waals surface area (Å²) in [5.41, 5.74) is 7.55. The number of nitrogens with one attached hydrogen (secondary N) is 1. The number of carbonyl (C=O) groups is 1. The van der Waals surface area contributed by atoms with Gasteiger partial charge in [-0.3, -0.25) is 4.79 Å². The summed E-state index contributed by atoms with van der Waals surface area (Å²) < 4.78 is 10.7. The van der Waals surface area contributed by atoms with E-state index in [-0.39, 0.29) is 5.91 Å². The summed E-state index contributed by atoms with van der Waals surface area (Å²) in [5.74, 6) is -0.147. The van der Waals surface area contributed by atoms with Gasteiger partial charge in [-0.05, 0) is 31.0 Å². The Kier molecular flexibility index (Phi) is 8.66. The molecule has 1 aromatic rings. The third-order valence-corrected chi connectivity index (χ3v) is 2.98. The molecular weight excluding hydrogens is 268 g/mol. The van der Waals surface area contributed by atoms with Crippen LogP contribution in [0.15, 0.2) is 24.3 Å². The highest BCUT2D eigenvalue weighted by molar-refractivity contribution is 5.94. The first-order chi connectivity index (χ1) is 10.2. The van der Waals surface area contributed by atoms with Crippen molar-refractivity contribution in [2.75, 3.05) is 25.1 Å². The third kappa shape index (κ3) is 7.22. The smallest absolute Gasteiger partial charge is 0.241 e. The second-order valence-corrected chi connectivity index (χ2v) is 4.83. The number of ether oxygens (including phenoxy) is 2. The lowest BCUT2D eigenvalue weighted by Gasteiger charge is -2.12. The summed E-state index contributed by atoms with van der Waals surface area (Å²) in [4.78, 5) is 11.9. The van der Waals surface area contributed by atoms with Crippen molar-refractivity contribution in [3.63, 3.8) is 0 Å². The summed E-state index contributed by atoms with van der Waals surface area (Å²) in [7, 11) is 0. The molecule has 21 heavy (non-hydrogen) atoms. The highest BCUT2D eigenvalue weighted by Gasteiger charge is 2.12. The lowest BCUT2D eigenvalue weighted by Crippen LogP contribution is -2.35. The van der Waals surface area contributed by atoms with E-state index in [2.05, 4.69) is 5.32 Å². The van der Waals surface area contributed by atoms with Gasteiger partial charge in [-0.25, -0.2) is 0 Å². The molecule has 0 aliphatic rings. The van der Waals surface area contributed by atoms with E-state index in [1.807, 2.05) is 38.1 Å². The minimum absolute atomic E-state index is 0.147. The van der Waals surface area contributed by atoms with Gasteiger partial charge in [-0.15, -0.1) is 0 Å². The van der Waals surface area contributed by atoms with E-state index in [1.54, 1.807) is 0 Å². The topological polar surface area (TPSA) is 73.6 Å². The first kappa shape index (κ1) is 17.6. The first-order valence-electron chi connectivity index (χ1n) is 7.48. The molecule has 0 heterocycles. The SMILES string of the molecule is CCCC(N)C(=O)Nc1cccc(COCCOCC)c1. The molecular formula is C16H26N2O3. The fourth-order valence-corrected chi connectivity index (χ4v) is 1.87. The Morgan fingerprint density at radius 1 is 1.29 bits per heavy atom. The van der Waals surface area contributed by atoms with Crippen molar-refractivity contribution >= 4 is 11.6 Å². The van der Waals surface area contributed by atoms with Crippen molar-refractivity contribution in [2.24, 2.45) is 5.73 Å². The van der Waals surface area contributed by atoms with Crippen LogP contribution in [0.25, 0.3) is 0 Å². The molecule has 5 heteroatoms. The zero-order chi connectivity index (χ0) is 15.5. The van der Waals surface area contributed by atoms with Crippen molar-refractivity contribution < 1.29 is 14.3 Å². The van der Waals surface area contributed by atoms with Gasteiger partial charge in [-0.2, -0.15) is 0 Å². The van der Waals surface area contributed by atoms with E-state index in [4.69, 9.17) is 15.2 Å².